The lowest BCUT2D eigenvalue weighted by Crippen LogP contribution is -2.62. The Bertz CT molecular complexity index is 1070. The Morgan fingerprint density at radius 2 is 1.86 bits per heavy atom. The number of nitrogens with zero attached hydrogens (tertiary/aromatic N) is 2. The molecule has 8 heteroatoms. The number of hydrogen-bond acceptors (Lipinski definition) is 7. The zero-order valence-corrected chi connectivity index (χ0v) is 27.5. The number of hydroxylamine groups is 2. The second kappa shape index (κ2) is 13.8. The number of rotatable bonds is 13. The minimum absolute atomic E-state index is 0.103. The van der Waals surface area contributed by atoms with Crippen LogP contribution in [-0.2, 0) is 22.7 Å². The van der Waals surface area contributed by atoms with Crippen LogP contribution in [0.1, 0.15) is 84.8 Å². The fourth-order valence-corrected chi connectivity index (χ4v) is 8.83. The van der Waals surface area contributed by atoms with Gasteiger partial charge in [0, 0.05) is 31.1 Å². The normalized spacial score (nSPS) is 33.8. The number of amides is 1. The zero-order valence-electron chi connectivity index (χ0n) is 27.5. The molecule has 9 atom stereocenters. The fourth-order valence-electron chi connectivity index (χ4n) is 8.83. The topological polar surface area (TPSA) is 97.3 Å². The summed E-state index contributed by atoms with van der Waals surface area (Å²) >= 11 is 0. The Hall–Kier alpha value is -1.55. The van der Waals surface area contributed by atoms with Crippen LogP contribution < -0.4 is 10.6 Å². The summed E-state index contributed by atoms with van der Waals surface area (Å²) < 4.78 is 0. The molecule has 3 saturated carbocycles. The first kappa shape index (κ1) is 32.8. The zero-order chi connectivity index (χ0) is 30.9. The molecule has 8 nitrogen and oxygen atoms in total. The van der Waals surface area contributed by atoms with E-state index < -0.39 is 24.2 Å². The maximum Gasteiger partial charge on any atom is 0.240 e. The van der Waals surface area contributed by atoms with E-state index in [9.17, 15) is 15.0 Å². The summed E-state index contributed by atoms with van der Waals surface area (Å²) in [6, 6.07) is 8.39. The molecule has 242 valence electrons. The van der Waals surface area contributed by atoms with Crippen LogP contribution in [-0.4, -0.2) is 82.7 Å². The van der Waals surface area contributed by atoms with Crippen molar-refractivity contribution >= 4 is 5.91 Å². The first-order valence-corrected chi connectivity index (χ1v) is 17.0. The van der Waals surface area contributed by atoms with E-state index in [1.807, 2.05) is 0 Å². The van der Waals surface area contributed by atoms with Gasteiger partial charge in [-0.15, -0.1) is 0 Å². The molecule has 4 N–H and O–H groups in total. The van der Waals surface area contributed by atoms with Gasteiger partial charge in [-0.2, -0.15) is 5.06 Å². The average Bonchev–Trinajstić information content (AvgIpc) is 3.60. The molecule has 2 saturated heterocycles. The van der Waals surface area contributed by atoms with Crippen molar-refractivity contribution in [3.63, 3.8) is 0 Å². The van der Waals surface area contributed by atoms with Gasteiger partial charge < -0.3 is 25.7 Å². The maximum absolute atomic E-state index is 14.0. The highest BCUT2D eigenvalue weighted by molar-refractivity contribution is 5.82. The standard InChI is InChI=1S/C35H58N4O4/c1-22(2)14-28(20-38-12-7-8-13-38)36-18-25-10-9-11-26(15-25)19-39-33(32(24(4)41)31(21-40)43-39)34(42)37-30-17-27-16-29(23(30)3)35(27,5)6/h9-11,15,22-24,27-33,36,40-41H,7-8,12-14,16-21H2,1-6H3,(H,37,42)/t23-,24-,27-,28-,29+,30-,31-,32+,33-/m0/s1. The quantitative estimate of drug-likeness (QED) is 0.273. The first-order valence-electron chi connectivity index (χ1n) is 17.0. The largest absolute Gasteiger partial charge is 0.394 e. The number of hydrogen-bond donors (Lipinski definition) is 4. The van der Waals surface area contributed by atoms with Gasteiger partial charge in [0.25, 0.3) is 0 Å². The van der Waals surface area contributed by atoms with Crippen molar-refractivity contribution in [3.05, 3.63) is 35.4 Å². The maximum atomic E-state index is 14.0. The SMILES string of the molecule is CC(C)C[C@@H](CN1CCCC1)NCc1cccc(CN2O[C@@H](CO)[C@@H]([C@H](C)O)[C@H]2C(=O)N[C@H]2C[C@@H]3C[C@H]([C@@H]2C)C3(C)C)c1. The van der Waals surface area contributed by atoms with E-state index in [1.165, 1.54) is 37.9 Å². The van der Waals surface area contributed by atoms with Gasteiger partial charge in [0.2, 0.25) is 5.91 Å². The molecule has 0 radical (unpaired) electrons. The molecule has 1 aromatic rings. The van der Waals surface area contributed by atoms with Crippen molar-refractivity contribution in [2.24, 2.45) is 35.0 Å². The molecule has 1 amide bonds. The van der Waals surface area contributed by atoms with Crippen LogP contribution in [0.3, 0.4) is 0 Å². The van der Waals surface area contributed by atoms with E-state index in [-0.39, 0.29) is 18.6 Å². The van der Waals surface area contributed by atoms with E-state index in [1.54, 1.807) is 12.0 Å². The molecule has 2 heterocycles. The summed E-state index contributed by atoms with van der Waals surface area (Å²) in [5.41, 5.74) is 2.60. The number of fused-ring (bicyclic) bond motifs is 2. The summed E-state index contributed by atoms with van der Waals surface area (Å²) in [4.78, 5) is 22.7. The molecule has 2 bridgehead atoms. The van der Waals surface area contributed by atoms with Crippen molar-refractivity contribution in [1.82, 2.24) is 20.6 Å². The van der Waals surface area contributed by atoms with Crippen LogP contribution in [0.25, 0.3) is 0 Å². The summed E-state index contributed by atoms with van der Waals surface area (Å²) in [6.07, 6.45) is 4.59. The van der Waals surface area contributed by atoms with Crippen LogP contribution in [0.2, 0.25) is 0 Å². The molecule has 6 rings (SSSR count). The molecular weight excluding hydrogens is 540 g/mol. The molecule has 1 aromatic carbocycles. The van der Waals surface area contributed by atoms with Gasteiger partial charge in [0.15, 0.2) is 0 Å². The van der Waals surface area contributed by atoms with Gasteiger partial charge in [-0.25, -0.2) is 0 Å². The molecular formula is C35H58N4O4. The van der Waals surface area contributed by atoms with Gasteiger partial charge >= 0.3 is 0 Å². The molecule has 0 spiro atoms. The minimum Gasteiger partial charge on any atom is -0.394 e. The minimum atomic E-state index is -0.793. The molecule has 3 aliphatic carbocycles. The summed E-state index contributed by atoms with van der Waals surface area (Å²) in [6.45, 7) is 17.7. The van der Waals surface area contributed by atoms with E-state index in [0.717, 1.165) is 31.5 Å². The van der Waals surface area contributed by atoms with Crippen molar-refractivity contribution in [3.8, 4) is 0 Å². The second-order valence-corrected chi connectivity index (χ2v) is 15.3. The van der Waals surface area contributed by atoms with E-state index in [4.69, 9.17) is 4.84 Å². The van der Waals surface area contributed by atoms with Crippen molar-refractivity contribution in [2.45, 2.75) is 117 Å². The lowest BCUT2D eigenvalue weighted by Gasteiger charge is -2.62. The smallest absolute Gasteiger partial charge is 0.240 e. The van der Waals surface area contributed by atoms with Gasteiger partial charge in [0.05, 0.1) is 19.3 Å². The third kappa shape index (κ3) is 7.31. The van der Waals surface area contributed by atoms with Gasteiger partial charge in [-0.1, -0.05) is 58.9 Å². The highest BCUT2D eigenvalue weighted by Gasteiger charge is 2.57. The van der Waals surface area contributed by atoms with Crippen LogP contribution in [0, 0.1) is 35.0 Å². The van der Waals surface area contributed by atoms with Gasteiger partial charge in [-0.3, -0.25) is 9.63 Å². The predicted molar refractivity (Wildman–Crippen MR) is 170 cm³/mol. The Morgan fingerprint density at radius 1 is 1.14 bits per heavy atom. The van der Waals surface area contributed by atoms with Crippen LogP contribution >= 0.6 is 0 Å². The van der Waals surface area contributed by atoms with Crippen LogP contribution in [0.15, 0.2) is 24.3 Å². The molecule has 0 unspecified atom stereocenters. The molecule has 43 heavy (non-hydrogen) atoms. The molecule has 5 fully saturated rings. The second-order valence-electron chi connectivity index (χ2n) is 15.3. The fraction of sp³-hybridized carbons (Fsp3) is 0.800. The third-order valence-electron chi connectivity index (χ3n) is 11.4. The number of nitrogens with one attached hydrogen (secondary N) is 2. The number of carbonyl (C=O) groups excluding carboxylic acids is 1. The Kier molecular flexibility index (Phi) is 10.6. The monoisotopic (exact) mass is 598 g/mol. The number of aliphatic hydroxyl groups excluding tert-OH is 2. The molecule has 0 aromatic heterocycles. The Morgan fingerprint density at radius 3 is 2.49 bits per heavy atom. The van der Waals surface area contributed by atoms with Crippen molar-refractivity contribution in [2.75, 3.05) is 26.2 Å². The van der Waals surface area contributed by atoms with Crippen molar-refractivity contribution < 1.29 is 19.8 Å². The van der Waals surface area contributed by atoms with E-state index >= 15 is 0 Å². The van der Waals surface area contributed by atoms with E-state index in [2.05, 4.69) is 74.4 Å². The van der Waals surface area contributed by atoms with Crippen LogP contribution in [0.4, 0.5) is 0 Å². The third-order valence-corrected chi connectivity index (χ3v) is 11.4. The highest BCUT2D eigenvalue weighted by Crippen LogP contribution is 2.61. The van der Waals surface area contributed by atoms with Crippen LogP contribution in [0.5, 0.6) is 0 Å². The predicted octanol–water partition coefficient (Wildman–Crippen LogP) is 3.95. The molecule has 5 aliphatic rings. The first-order chi connectivity index (χ1) is 20.5. The Labute approximate surface area is 259 Å². The molecule has 2 aliphatic heterocycles. The van der Waals surface area contributed by atoms with E-state index in [0.29, 0.717) is 41.7 Å². The number of carbonyl (C=O) groups is 1. The lowest BCUT2D eigenvalue weighted by atomic mass is 9.45. The van der Waals surface area contributed by atoms with Gasteiger partial charge in [-0.05, 0) is 92.3 Å². The number of benzene rings is 1. The highest BCUT2D eigenvalue weighted by atomic mass is 16.7. The Balaban J connectivity index is 1.26. The summed E-state index contributed by atoms with van der Waals surface area (Å²) in [5, 5.41) is 29.8. The number of likely N-dealkylation sites (tertiary alicyclic amines) is 1. The summed E-state index contributed by atoms with van der Waals surface area (Å²) in [7, 11) is 0. The number of aliphatic hydroxyl groups is 2. The summed E-state index contributed by atoms with van der Waals surface area (Å²) in [5.74, 6) is 1.69. The van der Waals surface area contributed by atoms with Gasteiger partial charge in [0.1, 0.15) is 12.1 Å². The lowest BCUT2D eigenvalue weighted by molar-refractivity contribution is -0.183. The average molecular weight is 599 g/mol. The van der Waals surface area contributed by atoms with Crippen molar-refractivity contribution in [1.29, 1.82) is 0 Å².